The van der Waals surface area contributed by atoms with E-state index in [0.717, 1.165) is 30.6 Å². The van der Waals surface area contributed by atoms with Gasteiger partial charge < -0.3 is 15.5 Å². The number of halogens is 1. The summed E-state index contributed by atoms with van der Waals surface area (Å²) in [5.74, 6) is 0.822. The fourth-order valence-corrected chi connectivity index (χ4v) is 2.02. The average molecular weight is 311 g/mol. The van der Waals surface area contributed by atoms with Crippen LogP contribution in [0.2, 0.25) is 5.02 Å². The summed E-state index contributed by atoms with van der Waals surface area (Å²) in [5.41, 5.74) is 1.18. The SMILES string of the molecule is CCC(C)N(C)CCNC(=NC)NCc1ccc(Cl)cc1. The van der Waals surface area contributed by atoms with Gasteiger partial charge in [-0.15, -0.1) is 0 Å². The molecule has 21 heavy (non-hydrogen) atoms. The molecule has 2 N–H and O–H groups in total. The van der Waals surface area contributed by atoms with Gasteiger partial charge in [0.15, 0.2) is 5.96 Å². The predicted octanol–water partition coefficient (Wildman–Crippen LogP) is 2.74. The first-order valence-corrected chi connectivity index (χ1v) is 7.83. The van der Waals surface area contributed by atoms with E-state index < -0.39 is 0 Å². The molecule has 0 bridgehead atoms. The molecule has 1 rings (SSSR count). The Balaban J connectivity index is 2.31. The van der Waals surface area contributed by atoms with E-state index >= 15 is 0 Å². The number of guanidine groups is 1. The molecule has 0 saturated heterocycles. The van der Waals surface area contributed by atoms with Gasteiger partial charge in [0, 0.05) is 37.7 Å². The minimum atomic E-state index is 0.607. The maximum absolute atomic E-state index is 5.88. The van der Waals surface area contributed by atoms with Gasteiger partial charge in [-0.2, -0.15) is 0 Å². The lowest BCUT2D eigenvalue weighted by molar-refractivity contribution is 0.255. The van der Waals surface area contributed by atoms with E-state index in [1.54, 1.807) is 7.05 Å². The quantitative estimate of drug-likeness (QED) is 0.601. The topological polar surface area (TPSA) is 39.7 Å². The number of benzene rings is 1. The first kappa shape index (κ1) is 17.8. The van der Waals surface area contributed by atoms with E-state index in [2.05, 4.69) is 41.4 Å². The predicted molar refractivity (Wildman–Crippen MR) is 92.0 cm³/mol. The number of nitrogens with one attached hydrogen (secondary N) is 2. The molecule has 118 valence electrons. The summed E-state index contributed by atoms with van der Waals surface area (Å²) in [6.45, 7) is 7.06. The van der Waals surface area contributed by atoms with Crippen LogP contribution in [0.1, 0.15) is 25.8 Å². The lowest BCUT2D eigenvalue weighted by Crippen LogP contribution is -2.42. The summed E-state index contributed by atoms with van der Waals surface area (Å²) >= 11 is 5.88. The van der Waals surface area contributed by atoms with Gasteiger partial charge in [0.05, 0.1) is 0 Å². The standard InChI is InChI=1S/C16H27ClN4/c1-5-13(2)21(4)11-10-19-16(18-3)20-12-14-6-8-15(17)9-7-14/h6-9,13H,5,10-12H2,1-4H3,(H2,18,19,20). The van der Waals surface area contributed by atoms with Crippen molar-refractivity contribution in [3.8, 4) is 0 Å². The van der Waals surface area contributed by atoms with Crippen molar-refractivity contribution in [2.75, 3.05) is 27.2 Å². The molecule has 0 radical (unpaired) electrons. The molecule has 1 unspecified atom stereocenters. The number of hydrogen-bond donors (Lipinski definition) is 2. The summed E-state index contributed by atoms with van der Waals surface area (Å²) in [7, 11) is 3.94. The molecule has 0 heterocycles. The third-order valence-corrected chi connectivity index (χ3v) is 3.95. The zero-order valence-electron chi connectivity index (χ0n) is 13.5. The Labute approximate surface area is 133 Å². The largest absolute Gasteiger partial charge is 0.355 e. The highest BCUT2D eigenvalue weighted by Gasteiger charge is 2.06. The van der Waals surface area contributed by atoms with Gasteiger partial charge in [0.1, 0.15) is 0 Å². The Morgan fingerprint density at radius 1 is 1.29 bits per heavy atom. The molecular weight excluding hydrogens is 284 g/mol. The number of nitrogens with zero attached hydrogens (tertiary/aromatic N) is 2. The third-order valence-electron chi connectivity index (χ3n) is 3.70. The minimum absolute atomic E-state index is 0.607. The van der Waals surface area contributed by atoms with Gasteiger partial charge >= 0.3 is 0 Å². The molecule has 0 fully saturated rings. The van der Waals surface area contributed by atoms with Crippen LogP contribution in [-0.4, -0.2) is 44.1 Å². The fraction of sp³-hybridized carbons (Fsp3) is 0.562. The van der Waals surface area contributed by atoms with Crippen LogP contribution in [0.25, 0.3) is 0 Å². The number of rotatable bonds is 7. The van der Waals surface area contributed by atoms with E-state index in [9.17, 15) is 0 Å². The van der Waals surface area contributed by atoms with Crippen LogP contribution in [0.5, 0.6) is 0 Å². The van der Waals surface area contributed by atoms with Gasteiger partial charge in [-0.05, 0) is 38.1 Å². The summed E-state index contributed by atoms with van der Waals surface area (Å²) in [6.07, 6.45) is 1.17. The van der Waals surface area contributed by atoms with Crippen LogP contribution in [0, 0.1) is 0 Å². The van der Waals surface area contributed by atoms with Crippen LogP contribution >= 0.6 is 11.6 Å². The molecule has 4 nitrogen and oxygen atoms in total. The molecule has 1 atom stereocenters. The molecule has 0 spiro atoms. The van der Waals surface area contributed by atoms with Crippen molar-refractivity contribution in [2.24, 2.45) is 4.99 Å². The summed E-state index contributed by atoms with van der Waals surface area (Å²) < 4.78 is 0. The van der Waals surface area contributed by atoms with Crippen molar-refractivity contribution in [3.63, 3.8) is 0 Å². The lowest BCUT2D eigenvalue weighted by atomic mass is 10.2. The minimum Gasteiger partial charge on any atom is -0.355 e. The van der Waals surface area contributed by atoms with E-state index in [-0.39, 0.29) is 0 Å². The molecule has 1 aromatic rings. The molecule has 0 aromatic heterocycles. The molecule has 0 amide bonds. The van der Waals surface area contributed by atoms with Crippen molar-refractivity contribution in [1.82, 2.24) is 15.5 Å². The van der Waals surface area contributed by atoms with Gasteiger partial charge in [0.25, 0.3) is 0 Å². The first-order valence-electron chi connectivity index (χ1n) is 7.46. The smallest absolute Gasteiger partial charge is 0.191 e. The second kappa shape index (κ2) is 9.64. The third kappa shape index (κ3) is 6.82. The Morgan fingerprint density at radius 3 is 2.52 bits per heavy atom. The molecule has 5 heteroatoms. The molecule has 0 aliphatic heterocycles. The van der Waals surface area contributed by atoms with Gasteiger partial charge in [0.2, 0.25) is 0 Å². The highest BCUT2D eigenvalue weighted by Crippen LogP contribution is 2.08. The summed E-state index contributed by atoms with van der Waals surface area (Å²) in [6, 6.07) is 8.43. The lowest BCUT2D eigenvalue weighted by Gasteiger charge is -2.24. The van der Waals surface area contributed by atoms with Crippen LogP contribution in [0.3, 0.4) is 0 Å². The summed E-state index contributed by atoms with van der Waals surface area (Å²) in [5, 5.41) is 7.39. The van der Waals surface area contributed by atoms with Gasteiger partial charge in [-0.25, -0.2) is 0 Å². The van der Waals surface area contributed by atoms with Crippen LogP contribution in [0.4, 0.5) is 0 Å². The van der Waals surface area contributed by atoms with E-state index in [0.29, 0.717) is 6.04 Å². The zero-order chi connectivity index (χ0) is 15.7. The number of aliphatic imine (C=N–C) groups is 1. The fourth-order valence-electron chi connectivity index (χ4n) is 1.89. The average Bonchev–Trinajstić information content (AvgIpc) is 2.51. The maximum Gasteiger partial charge on any atom is 0.191 e. The van der Waals surface area contributed by atoms with Crippen LogP contribution in [0.15, 0.2) is 29.3 Å². The number of likely N-dealkylation sites (N-methyl/N-ethyl adjacent to an activating group) is 1. The molecule has 0 aliphatic carbocycles. The number of hydrogen-bond acceptors (Lipinski definition) is 2. The van der Waals surface area contributed by atoms with E-state index in [1.165, 1.54) is 12.0 Å². The second-order valence-corrected chi connectivity index (χ2v) is 5.65. The summed E-state index contributed by atoms with van der Waals surface area (Å²) in [4.78, 5) is 6.58. The second-order valence-electron chi connectivity index (χ2n) is 5.22. The Kier molecular flexibility index (Phi) is 8.16. The van der Waals surface area contributed by atoms with Crippen molar-refractivity contribution in [3.05, 3.63) is 34.9 Å². The highest BCUT2D eigenvalue weighted by molar-refractivity contribution is 6.30. The first-order chi connectivity index (χ1) is 10.1. The molecule has 0 aliphatic rings. The van der Waals surface area contributed by atoms with Crippen molar-refractivity contribution in [1.29, 1.82) is 0 Å². The highest BCUT2D eigenvalue weighted by atomic mass is 35.5. The monoisotopic (exact) mass is 310 g/mol. The van der Waals surface area contributed by atoms with E-state index in [4.69, 9.17) is 11.6 Å². The van der Waals surface area contributed by atoms with Crippen molar-refractivity contribution in [2.45, 2.75) is 32.9 Å². The Hall–Kier alpha value is -1.26. The molecular formula is C16H27ClN4. The Bertz CT molecular complexity index is 430. The molecule has 1 aromatic carbocycles. The van der Waals surface area contributed by atoms with Crippen LogP contribution < -0.4 is 10.6 Å². The van der Waals surface area contributed by atoms with E-state index in [1.807, 2.05) is 24.3 Å². The normalized spacial score (nSPS) is 13.3. The van der Waals surface area contributed by atoms with Gasteiger partial charge in [-0.1, -0.05) is 30.7 Å². The van der Waals surface area contributed by atoms with Crippen molar-refractivity contribution >= 4 is 17.6 Å². The van der Waals surface area contributed by atoms with Gasteiger partial charge in [-0.3, -0.25) is 4.99 Å². The zero-order valence-corrected chi connectivity index (χ0v) is 14.2. The molecule has 0 saturated carbocycles. The Morgan fingerprint density at radius 2 is 1.95 bits per heavy atom. The van der Waals surface area contributed by atoms with Crippen LogP contribution in [-0.2, 0) is 6.54 Å². The van der Waals surface area contributed by atoms with Crippen molar-refractivity contribution < 1.29 is 0 Å². The maximum atomic E-state index is 5.88.